The number of carbonyl (C=O) groups is 3. The second kappa shape index (κ2) is 11.7. The Morgan fingerprint density at radius 3 is 2.67 bits per heavy atom. The van der Waals surface area contributed by atoms with Crippen LogP contribution in [-0.4, -0.2) is 51.1 Å². The highest BCUT2D eigenvalue weighted by atomic mass is 35.5. The Bertz CT molecular complexity index is 996. The van der Waals surface area contributed by atoms with Gasteiger partial charge in [-0.05, 0) is 55.3 Å². The first-order valence-electron chi connectivity index (χ1n) is 10.7. The first-order valence-corrected chi connectivity index (χ1v) is 11.1. The van der Waals surface area contributed by atoms with Gasteiger partial charge >= 0.3 is 0 Å². The van der Waals surface area contributed by atoms with Crippen LogP contribution in [-0.2, 0) is 19.1 Å². The maximum absolute atomic E-state index is 12.4. The van der Waals surface area contributed by atoms with E-state index in [1.165, 1.54) is 0 Å². The number of hydrogen-bond donors (Lipinski definition) is 2. The predicted octanol–water partition coefficient (Wildman–Crippen LogP) is 3.17. The molecule has 176 valence electrons. The van der Waals surface area contributed by atoms with Crippen LogP contribution in [0.25, 0.3) is 0 Å². The fourth-order valence-corrected chi connectivity index (χ4v) is 3.68. The molecule has 1 fully saturated rings. The zero-order valence-corrected chi connectivity index (χ0v) is 19.5. The smallest absolute Gasteiger partial charge is 0.262 e. The van der Waals surface area contributed by atoms with Crippen molar-refractivity contribution in [2.45, 2.75) is 19.8 Å². The minimum Gasteiger partial charge on any atom is -0.484 e. The van der Waals surface area contributed by atoms with Gasteiger partial charge in [0.15, 0.2) is 6.61 Å². The van der Waals surface area contributed by atoms with Crippen molar-refractivity contribution in [1.29, 1.82) is 0 Å². The summed E-state index contributed by atoms with van der Waals surface area (Å²) in [6.45, 7) is 3.09. The summed E-state index contributed by atoms with van der Waals surface area (Å²) in [5, 5.41) is 6.20. The summed E-state index contributed by atoms with van der Waals surface area (Å²) in [5.74, 6) is -0.413. The molecule has 0 spiro atoms. The molecule has 0 bridgehead atoms. The zero-order chi connectivity index (χ0) is 23.8. The van der Waals surface area contributed by atoms with Gasteiger partial charge in [0, 0.05) is 49.6 Å². The van der Waals surface area contributed by atoms with Gasteiger partial charge in [-0.15, -0.1) is 0 Å². The summed E-state index contributed by atoms with van der Waals surface area (Å²) < 4.78 is 10.5. The van der Waals surface area contributed by atoms with Gasteiger partial charge in [0.2, 0.25) is 11.8 Å². The van der Waals surface area contributed by atoms with Crippen molar-refractivity contribution >= 4 is 40.7 Å². The van der Waals surface area contributed by atoms with Crippen LogP contribution in [0.5, 0.6) is 5.75 Å². The number of amides is 3. The molecule has 3 amide bonds. The molecular formula is C24H28ClN3O5. The second-order valence-corrected chi connectivity index (χ2v) is 8.19. The lowest BCUT2D eigenvalue weighted by molar-refractivity contribution is -0.126. The number of ether oxygens (including phenoxy) is 2. The van der Waals surface area contributed by atoms with Gasteiger partial charge in [0.25, 0.3) is 5.91 Å². The average Bonchev–Trinajstić information content (AvgIpc) is 3.20. The summed E-state index contributed by atoms with van der Waals surface area (Å²) in [4.78, 5) is 38.5. The monoisotopic (exact) mass is 473 g/mol. The van der Waals surface area contributed by atoms with Gasteiger partial charge in [-0.3, -0.25) is 14.4 Å². The second-order valence-electron chi connectivity index (χ2n) is 7.79. The molecule has 1 aliphatic heterocycles. The Morgan fingerprint density at radius 1 is 1.18 bits per heavy atom. The summed E-state index contributed by atoms with van der Waals surface area (Å²) in [6, 6.07) is 12.2. The third-order valence-corrected chi connectivity index (χ3v) is 5.79. The number of nitrogens with one attached hydrogen (secondary N) is 2. The standard InChI is InChI=1S/C24H28ClN3O5/c1-16-20(25)5-3-6-21(16)27-22(29)15-33-19-9-7-18(8-10-19)28-14-17(13-23(28)30)24(31)26-11-4-12-32-2/h3,5-10,17H,4,11-15H2,1-2H3,(H,26,31)(H,27,29)/t17-/m1/s1. The van der Waals surface area contributed by atoms with Crippen LogP contribution in [0.15, 0.2) is 42.5 Å². The lowest BCUT2D eigenvalue weighted by atomic mass is 10.1. The molecule has 0 aliphatic carbocycles. The molecule has 3 rings (SSSR count). The van der Waals surface area contributed by atoms with E-state index in [1.807, 2.05) is 6.92 Å². The third-order valence-electron chi connectivity index (χ3n) is 5.38. The summed E-state index contributed by atoms with van der Waals surface area (Å²) in [6.07, 6.45) is 0.905. The molecule has 0 radical (unpaired) electrons. The van der Waals surface area contributed by atoms with Crippen LogP contribution in [0, 0.1) is 12.8 Å². The number of rotatable bonds is 10. The molecular weight excluding hydrogens is 446 g/mol. The molecule has 8 nitrogen and oxygen atoms in total. The molecule has 0 saturated carbocycles. The lowest BCUT2D eigenvalue weighted by Gasteiger charge is -2.17. The van der Waals surface area contributed by atoms with Crippen LogP contribution < -0.4 is 20.3 Å². The topological polar surface area (TPSA) is 97.0 Å². The van der Waals surface area contributed by atoms with E-state index in [4.69, 9.17) is 21.1 Å². The van der Waals surface area contributed by atoms with Gasteiger partial charge in [0.05, 0.1) is 5.92 Å². The van der Waals surface area contributed by atoms with E-state index < -0.39 is 0 Å². The average molecular weight is 474 g/mol. The van der Waals surface area contributed by atoms with Crippen molar-refractivity contribution in [3.05, 3.63) is 53.1 Å². The van der Waals surface area contributed by atoms with Gasteiger partial charge < -0.3 is 25.0 Å². The van der Waals surface area contributed by atoms with E-state index >= 15 is 0 Å². The fraction of sp³-hybridized carbons (Fsp3) is 0.375. The van der Waals surface area contributed by atoms with E-state index in [2.05, 4.69) is 10.6 Å². The lowest BCUT2D eigenvalue weighted by Crippen LogP contribution is -2.33. The highest BCUT2D eigenvalue weighted by Crippen LogP contribution is 2.27. The molecule has 1 saturated heterocycles. The molecule has 1 heterocycles. The van der Waals surface area contributed by atoms with Crippen molar-refractivity contribution in [3.63, 3.8) is 0 Å². The van der Waals surface area contributed by atoms with Crippen molar-refractivity contribution in [2.24, 2.45) is 5.92 Å². The van der Waals surface area contributed by atoms with Crippen LogP contribution in [0.1, 0.15) is 18.4 Å². The summed E-state index contributed by atoms with van der Waals surface area (Å²) in [7, 11) is 1.61. The maximum atomic E-state index is 12.4. The number of carbonyl (C=O) groups excluding carboxylic acids is 3. The number of nitrogens with zero attached hydrogens (tertiary/aromatic N) is 1. The summed E-state index contributed by atoms with van der Waals surface area (Å²) >= 11 is 6.07. The number of halogens is 1. The minimum atomic E-state index is -0.380. The quantitative estimate of drug-likeness (QED) is 0.516. The normalized spacial score (nSPS) is 15.4. The number of benzene rings is 2. The van der Waals surface area contributed by atoms with E-state index in [1.54, 1.807) is 54.5 Å². The molecule has 33 heavy (non-hydrogen) atoms. The number of methoxy groups -OCH3 is 1. The van der Waals surface area contributed by atoms with Crippen molar-refractivity contribution in [2.75, 3.05) is 43.6 Å². The van der Waals surface area contributed by atoms with Gasteiger partial charge in [0.1, 0.15) is 5.75 Å². The third kappa shape index (κ3) is 6.69. The largest absolute Gasteiger partial charge is 0.484 e. The maximum Gasteiger partial charge on any atom is 0.262 e. The van der Waals surface area contributed by atoms with Crippen molar-refractivity contribution in [3.8, 4) is 5.75 Å². The molecule has 1 atom stereocenters. The highest BCUT2D eigenvalue weighted by Gasteiger charge is 2.34. The molecule has 2 N–H and O–H groups in total. The van der Waals surface area contributed by atoms with E-state index in [0.717, 1.165) is 12.0 Å². The van der Waals surface area contributed by atoms with Gasteiger partial charge in [-0.1, -0.05) is 17.7 Å². The highest BCUT2D eigenvalue weighted by molar-refractivity contribution is 6.31. The van der Waals surface area contributed by atoms with Crippen LogP contribution in [0.2, 0.25) is 5.02 Å². The number of hydrogen-bond acceptors (Lipinski definition) is 5. The Hall–Kier alpha value is -3.10. The fourth-order valence-electron chi connectivity index (χ4n) is 3.51. The SMILES string of the molecule is COCCCNC(=O)[C@@H]1CC(=O)N(c2ccc(OCC(=O)Nc3cccc(Cl)c3C)cc2)C1. The minimum absolute atomic E-state index is 0.100. The van der Waals surface area contributed by atoms with Gasteiger partial charge in [-0.2, -0.15) is 0 Å². The van der Waals surface area contributed by atoms with Crippen LogP contribution >= 0.6 is 11.6 Å². The first kappa shape index (κ1) is 24.5. The Balaban J connectivity index is 1.49. The zero-order valence-electron chi connectivity index (χ0n) is 18.7. The van der Waals surface area contributed by atoms with E-state index in [0.29, 0.717) is 41.8 Å². The van der Waals surface area contributed by atoms with Gasteiger partial charge in [-0.25, -0.2) is 0 Å². The van der Waals surface area contributed by atoms with Crippen molar-refractivity contribution in [1.82, 2.24) is 5.32 Å². The molecule has 1 aliphatic rings. The number of anilines is 2. The summed E-state index contributed by atoms with van der Waals surface area (Å²) in [5.41, 5.74) is 2.10. The van der Waals surface area contributed by atoms with Crippen LogP contribution in [0.4, 0.5) is 11.4 Å². The Labute approximate surface area is 198 Å². The molecule has 9 heteroatoms. The molecule has 0 unspecified atom stereocenters. The molecule has 2 aromatic carbocycles. The predicted molar refractivity (Wildman–Crippen MR) is 127 cm³/mol. The molecule has 0 aromatic heterocycles. The van der Waals surface area contributed by atoms with Crippen molar-refractivity contribution < 1.29 is 23.9 Å². The molecule has 2 aromatic rings. The Kier molecular flexibility index (Phi) is 8.68. The first-order chi connectivity index (χ1) is 15.9. The van der Waals surface area contributed by atoms with E-state index in [-0.39, 0.29) is 36.7 Å². The van der Waals surface area contributed by atoms with E-state index in [9.17, 15) is 14.4 Å². The Morgan fingerprint density at radius 2 is 1.94 bits per heavy atom. The van der Waals surface area contributed by atoms with Crippen LogP contribution in [0.3, 0.4) is 0 Å².